The van der Waals surface area contributed by atoms with Crippen molar-refractivity contribution >= 4 is 35.6 Å². The SMILES string of the molecule is CC(C)CC(=O)NCCC(=O)N1NCCC[C@H]1C(=O)N[C@@H](C(=O)COC(=O)/C=C/c1cnc[nH]1)C(C)C. The second kappa shape index (κ2) is 14.9. The second-order valence-electron chi connectivity index (χ2n) is 9.67. The molecule has 12 nitrogen and oxygen atoms in total. The first kappa shape index (κ1) is 29.7. The summed E-state index contributed by atoms with van der Waals surface area (Å²) >= 11 is 0. The number of ketones is 1. The van der Waals surface area contributed by atoms with E-state index in [-0.39, 0.29) is 36.6 Å². The number of carbonyl (C=O) groups excluding carboxylic acids is 5. The van der Waals surface area contributed by atoms with Crippen LogP contribution in [-0.2, 0) is 28.7 Å². The van der Waals surface area contributed by atoms with E-state index in [2.05, 4.69) is 26.0 Å². The van der Waals surface area contributed by atoms with Gasteiger partial charge in [-0.3, -0.25) is 24.2 Å². The number of amides is 3. The largest absolute Gasteiger partial charge is 0.454 e. The van der Waals surface area contributed by atoms with E-state index < -0.39 is 36.4 Å². The van der Waals surface area contributed by atoms with Crippen LogP contribution in [0.25, 0.3) is 6.08 Å². The fourth-order valence-electron chi connectivity index (χ4n) is 3.78. The maximum absolute atomic E-state index is 13.1. The summed E-state index contributed by atoms with van der Waals surface area (Å²) in [6, 6.07) is -1.70. The van der Waals surface area contributed by atoms with Crippen LogP contribution in [0, 0.1) is 11.8 Å². The van der Waals surface area contributed by atoms with Gasteiger partial charge in [0.05, 0.1) is 24.3 Å². The van der Waals surface area contributed by atoms with Crippen molar-refractivity contribution in [2.45, 2.75) is 65.5 Å². The molecule has 4 N–H and O–H groups in total. The summed E-state index contributed by atoms with van der Waals surface area (Å²) < 4.78 is 5.03. The van der Waals surface area contributed by atoms with Gasteiger partial charge in [-0.25, -0.2) is 15.2 Å². The van der Waals surface area contributed by atoms with Crippen molar-refractivity contribution in [3.63, 3.8) is 0 Å². The Kier molecular flexibility index (Phi) is 11.9. The molecular formula is C25H38N6O6. The van der Waals surface area contributed by atoms with Crippen molar-refractivity contribution in [1.29, 1.82) is 0 Å². The molecule has 2 heterocycles. The van der Waals surface area contributed by atoms with Crippen LogP contribution in [-0.4, -0.2) is 76.2 Å². The van der Waals surface area contributed by atoms with Gasteiger partial charge in [0.1, 0.15) is 6.04 Å². The van der Waals surface area contributed by atoms with Crippen LogP contribution in [0.1, 0.15) is 59.1 Å². The summed E-state index contributed by atoms with van der Waals surface area (Å²) in [4.78, 5) is 69.1. The zero-order valence-corrected chi connectivity index (χ0v) is 21.9. The van der Waals surface area contributed by atoms with Crippen molar-refractivity contribution in [3.05, 3.63) is 24.3 Å². The number of carbonyl (C=O) groups is 5. The molecule has 0 bridgehead atoms. The Morgan fingerprint density at radius 1 is 1.22 bits per heavy atom. The van der Waals surface area contributed by atoms with Crippen molar-refractivity contribution < 1.29 is 28.7 Å². The van der Waals surface area contributed by atoms with E-state index in [1.54, 1.807) is 13.8 Å². The molecule has 204 valence electrons. The summed E-state index contributed by atoms with van der Waals surface area (Å²) in [7, 11) is 0. The van der Waals surface area contributed by atoms with E-state index in [0.717, 1.165) is 0 Å². The molecule has 0 aromatic carbocycles. The van der Waals surface area contributed by atoms with Crippen LogP contribution in [0.5, 0.6) is 0 Å². The number of nitrogens with zero attached hydrogens (tertiary/aromatic N) is 2. The van der Waals surface area contributed by atoms with Gasteiger partial charge in [0.2, 0.25) is 17.7 Å². The van der Waals surface area contributed by atoms with E-state index in [1.807, 2.05) is 13.8 Å². The van der Waals surface area contributed by atoms with Crippen LogP contribution in [0.15, 0.2) is 18.6 Å². The Balaban J connectivity index is 1.90. The van der Waals surface area contributed by atoms with Crippen molar-refractivity contribution in [1.82, 2.24) is 31.0 Å². The highest BCUT2D eigenvalue weighted by Crippen LogP contribution is 2.14. The predicted molar refractivity (Wildman–Crippen MR) is 135 cm³/mol. The third-order valence-electron chi connectivity index (χ3n) is 5.66. The van der Waals surface area contributed by atoms with E-state index in [9.17, 15) is 24.0 Å². The average Bonchev–Trinajstić information content (AvgIpc) is 3.37. The Morgan fingerprint density at radius 3 is 2.62 bits per heavy atom. The van der Waals surface area contributed by atoms with Crippen LogP contribution in [0.3, 0.4) is 0 Å². The molecule has 0 unspecified atom stereocenters. The quantitative estimate of drug-likeness (QED) is 0.219. The van der Waals surface area contributed by atoms with Crippen LogP contribution in [0.2, 0.25) is 0 Å². The summed E-state index contributed by atoms with van der Waals surface area (Å²) in [5, 5.41) is 6.74. The minimum atomic E-state index is -0.897. The number of rotatable bonds is 13. The number of hydrogen-bond donors (Lipinski definition) is 4. The fraction of sp³-hybridized carbons (Fsp3) is 0.600. The lowest BCUT2D eigenvalue weighted by molar-refractivity contribution is -0.148. The zero-order chi connectivity index (χ0) is 27.4. The number of nitrogens with one attached hydrogen (secondary N) is 4. The lowest BCUT2D eigenvalue weighted by Gasteiger charge is -2.36. The van der Waals surface area contributed by atoms with E-state index in [1.165, 1.54) is 29.7 Å². The zero-order valence-electron chi connectivity index (χ0n) is 21.9. The molecule has 0 spiro atoms. The molecule has 1 aliphatic rings. The number of hydrogen-bond acceptors (Lipinski definition) is 8. The first-order chi connectivity index (χ1) is 17.6. The monoisotopic (exact) mass is 518 g/mol. The van der Waals surface area contributed by atoms with Gasteiger partial charge in [0.25, 0.3) is 0 Å². The number of aromatic amines is 1. The number of Topliss-reactive ketones (excluding diaryl/α,β-unsaturated/α-hetero) is 1. The molecule has 1 saturated heterocycles. The van der Waals surface area contributed by atoms with Gasteiger partial charge in [-0.05, 0) is 30.8 Å². The Bertz CT molecular complexity index is 959. The Hall–Kier alpha value is -3.54. The molecule has 12 heteroatoms. The van der Waals surface area contributed by atoms with E-state index in [0.29, 0.717) is 31.5 Å². The number of H-pyrrole nitrogens is 1. The normalized spacial score (nSPS) is 16.6. The van der Waals surface area contributed by atoms with Gasteiger partial charge in [0, 0.05) is 32.0 Å². The van der Waals surface area contributed by atoms with Gasteiger partial charge in [0.15, 0.2) is 12.4 Å². The van der Waals surface area contributed by atoms with Crippen molar-refractivity contribution in [2.24, 2.45) is 11.8 Å². The first-order valence-corrected chi connectivity index (χ1v) is 12.6. The minimum absolute atomic E-state index is 0.0369. The molecule has 1 aliphatic heterocycles. The molecule has 37 heavy (non-hydrogen) atoms. The summed E-state index contributed by atoms with van der Waals surface area (Å²) in [6.45, 7) is 7.61. The van der Waals surface area contributed by atoms with Gasteiger partial charge in [-0.1, -0.05) is 27.7 Å². The third-order valence-corrected chi connectivity index (χ3v) is 5.66. The predicted octanol–water partition coefficient (Wildman–Crippen LogP) is 0.724. The molecule has 1 aromatic heterocycles. The number of hydrazine groups is 1. The minimum Gasteiger partial charge on any atom is -0.454 e. The number of ether oxygens (including phenoxy) is 1. The fourth-order valence-corrected chi connectivity index (χ4v) is 3.78. The van der Waals surface area contributed by atoms with Crippen molar-refractivity contribution in [2.75, 3.05) is 19.7 Å². The lowest BCUT2D eigenvalue weighted by atomic mass is 9.98. The summed E-state index contributed by atoms with van der Waals surface area (Å²) in [6.07, 6.45) is 7.15. The molecule has 1 fully saturated rings. The molecule has 3 amide bonds. The molecule has 2 atom stereocenters. The molecule has 0 aliphatic carbocycles. The Labute approximate surface area is 216 Å². The highest BCUT2D eigenvalue weighted by atomic mass is 16.5. The van der Waals surface area contributed by atoms with Gasteiger partial charge < -0.3 is 20.4 Å². The topological polar surface area (TPSA) is 163 Å². The summed E-state index contributed by atoms with van der Waals surface area (Å²) in [5.74, 6) is -2.14. The molecule has 2 rings (SSSR count). The van der Waals surface area contributed by atoms with Gasteiger partial charge >= 0.3 is 5.97 Å². The number of aromatic nitrogens is 2. The summed E-state index contributed by atoms with van der Waals surface area (Å²) in [5.41, 5.74) is 3.56. The molecular weight excluding hydrogens is 480 g/mol. The second-order valence-corrected chi connectivity index (χ2v) is 9.67. The number of imidazole rings is 1. The van der Waals surface area contributed by atoms with Crippen LogP contribution in [0.4, 0.5) is 0 Å². The van der Waals surface area contributed by atoms with Crippen LogP contribution >= 0.6 is 0 Å². The van der Waals surface area contributed by atoms with Gasteiger partial charge in [-0.2, -0.15) is 0 Å². The highest BCUT2D eigenvalue weighted by molar-refractivity contribution is 5.95. The van der Waals surface area contributed by atoms with Crippen LogP contribution < -0.4 is 16.1 Å². The first-order valence-electron chi connectivity index (χ1n) is 12.6. The Morgan fingerprint density at radius 2 is 1.97 bits per heavy atom. The number of esters is 1. The van der Waals surface area contributed by atoms with Crippen molar-refractivity contribution in [3.8, 4) is 0 Å². The standard InChI is InChI=1S/C25H38N6O6/c1-16(2)12-21(33)27-11-9-22(34)31-19(6-5-10-29-31)25(36)30-24(17(3)4)20(32)14-37-23(35)8-7-18-13-26-15-28-18/h7-8,13,15-17,19,24,29H,5-6,9-12,14H2,1-4H3,(H,26,28)(H,27,33)(H,30,36)/b8-7+/t19-,24+/m0/s1. The lowest BCUT2D eigenvalue weighted by Crippen LogP contribution is -2.61. The highest BCUT2D eigenvalue weighted by Gasteiger charge is 2.35. The average molecular weight is 519 g/mol. The molecule has 1 aromatic rings. The van der Waals surface area contributed by atoms with Gasteiger partial charge in [-0.15, -0.1) is 0 Å². The van der Waals surface area contributed by atoms with E-state index >= 15 is 0 Å². The molecule has 0 radical (unpaired) electrons. The third kappa shape index (κ3) is 10.2. The maximum Gasteiger partial charge on any atom is 0.331 e. The smallest absolute Gasteiger partial charge is 0.331 e. The van der Waals surface area contributed by atoms with E-state index in [4.69, 9.17) is 4.74 Å². The maximum atomic E-state index is 13.1. The molecule has 0 saturated carbocycles.